The minimum absolute atomic E-state index is 0. The van der Waals surface area contributed by atoms with Gasteiger partial charge >= 0.3 is 0 Å². The van der Waals surface area contributed by atoms with Gasteiger partial charge in [-0.3, -0.25) is 13.7 Å². The van der Waals surface area contributed by atoms with Gasteiger partial charge in [0.05, 0.1) is 0 Å². The molecule has 0 rings (SSSR count). The van der Waals surface area contributed by atoms with Crippen LogP contribution in [0.4, 0.5) is 9.41 Å². The number of unbranched alkanes of at least 4 members (excludes halogenated alkanes) is 15. The molecule has 0 aliphatic heterocycles. The van der Waals surface area contributed by atoms with Gasteiger partial charge in [-0.1, -0.05) is 116 Å². The molecule has 0 bridgehead atoms. The highest BCUT2D eigenvalue weighted by Crippen LogP contribution is 2.13. The summed E-state index contributed by atoms with van der Waals surface area (Å²) >= 11 is 4.26. The number of hydrogen-bond donors (Lipinski definition) is 1. The Hall–Kier alpha value is 0.170. The van der Waals surface area contributed by atoms with E-state index < -0.39 is 0 Å². The van der Waals surface area contributed by atoms with Crippen molar-refractivity contribution in [3.63, 3.8) is 0 Å². The molecule has 0 aromatic rings. The number of thiol groups is 1. The fourth-order valence-electron chi connectivity index (χ4n) is 2.89. The molecule has 144 valence electrons. The molecule has 4 heteroatoms. The average molecular weight is 356 g/mol. The van der Waals surface area contributed by atoms with Crippen molar-refractivity contribution in [2.45, 2.75) is 110 Å². The fourth-order valence-corrected chi connectivity index (χ4v) is 3.03. The molecular weight excluding hydrogens is 312 g/mol. The van der Waals surface area contributed by atoms with E-state index in [0.717, 1.165) is 6.54 Å². The zero-order valence-corrected chi connectivity index (χ0v) is 16.6. The molecule has 0 aliphatic carbocycles. The van der Waals surface area contributed by atoms with Crippen LogP contribution < -0.4 is 0 Å². The summed E-state index contributed by atoms with van der Waals surface area (Å²) in [5.41, 5.74) is 0. The average Bonchev–Trinajstić information content (AvgIpc) is 2.46. The first-order chi connectivity index (χ1) is 10.3. The van der Waals surface area contributed by atoms with E-state index in [1.807, 2.05) is 11.4 Å². The van der Waals surface area contributed by atoms with Crippen LogP contribution in [0.3, 0.4) is 0 Å². The standard InChI is InChI=1S/C19H41NS.2FH/c1-3-4-5-6-7-8-9-10-11-12-13-14-15-16-17-18-19-20(2)21;;/h21H,3-19H2,1-2H3;2*1H. The van der Waals surface area contributed by atoms with Gasteiger partial charge in [0.25, 0.3) is 0 Å². The fraction of sp³-hybridized carbons (Fsp3) is 1.00. The van der Waals surface area contributed by atoms with Crippen LogP contribution in [0.2, 0.25) is 0 Å². The van der Waals surface area contributed by atoms with Crippen molar-refractivity contribution in [2.24, 2.45) is 0 Å². The van der Waals surface area contributed by atoms with Crippen LogP contribution >= 0.6 is 12.8 Å². The second-order valence-corrected chi connectivity index (χ2v) is 7.37. The predicted octanol–water partition coefficient (Wildman–Crippen LogP) is 7.33. The Morgan fingerprint density at radius 1 is 0.522 bits per heavy atom. The van der Waals surface area contributed by atoms with Crippen LogP contribution in [0.15, 0.2) is 0 Å². The summed E-state index contributed by atoms with van der Waals surface area (Å²) in [7, 11) is 2.04. The lowest BCUT2D eigenvalue weighted by molar-refractivity contribution is 0.501. The summed E-state index contributed by atoms with van der Waals surface area (Å²) in [6.45, 7) is 3.42. The van der Waals surface area contributed by atoms with E-state index >= 15 is 0 Å². The minimum Gasteiger partial charge on any atom is -0.269 e. The van der Waals surface area contributed by atoms with Gasteiger partial charge in [0.1, 0.15) is 0 Å². The number of nitrogens with zero attached hydrogens (tertiary/aromatic N) is 1. The first kappa shape index (κ1) is 28.0. The molecule has 0 amide bonds. The predicted molar refractivity (Wildman–Crippen MR) is 106 cm³/mol. The van der Waals surface area contributed by atoms with Crippen molar-refractivity contribution in [3.8, 4) is 0 Å². The third-order valence-electron chi connectivity index (χ3n) is 4.34. The van der Waals surface area contributed by atoms with E-state index in [2.05, 4.69) is 19.7 Å². The highest BCUT2D eigenvalue weighted by atomic mass is 32.1. The maximum Gasteiger partial charge on any atom is 0.00838 e. The van der Waals surface area contributed by atoms with Crippen molar-refractivity contribution in [1.82, 2.24) is 4.31 Å². The van der Waals surface area contributed by atoms with Crippen LogP contribution in [0, 0.1) is 0 Å². The summed E-state index contributed by atoms with van der Waals surface area (Å²) in [5.74, 6) is 0. The molecule has 0 aliphatic rings. The Balaban J connectivity index is -0.00000200. The molecule has 0 aromatic heterocycles. The van der Waals surface area contributed by atoms with Crippen molar-refractivity contribution >= 4 is 12.8 Å². The van der Waals surface area contributed by atoms with E-state index in [-0.39, 0.29) is 9.41 Å². The van der Waals surface area contributed by atoms with Gasteiger partial charge in [-0.15, -0.1) is 0 Å². The molecule has 0 saturated carbocycles. The van der Waals surface area contributed by atoms with Gasteiger partial charge in [0.2, 0.25) is 0 Å². The monoisotopic (exact) mass is 355 g/mol. The van der Waals surface area contributed by atoms with Gasteiger partial charge in [0.15, 0.2) is 0 Å². The quantitative estimate of drug-likeness (QED) is 0.211. The lowest BCUT2D eigenvalue weighted by Gasteiger charge is -2.07. The van der Waals surface area contributed by atoms with E-state index in [1.54, 1.807) is 0 Å². The smallest absolute Gasteiger partial charge is 0.00838 e. The summed E-state index contributed by atoms with van der Waals surface area (Å²) in [6.07, 6.45) is 23.0. The van der Waals surface area contributed by atoms with Crippen LogP contribution in [0.25, 0.3) is 0 Å². The second-order valence-electron chi connectivity index (χ2n) is 6.68. The van der Waals surface area contributed by atoms with Crippen molar-refractivity contribution in [2.75, 3.05) is 13.6 Å². The zero-order valence-electron chi connectivity index (χ0n) is 15.7. The molecule has 0 aromatic carbocycles. The highest BCUT2D eigenvalue weighted by Gasteiger charge is 1.95. The molecule has 1 nitrogen and oxygen atoms in total. The minimum atomic E-state index is 0. The van der Waals surface area contributed by atoms with Crippen molar-refractivity contribution < 1.29 is 9.41 Å². The SMILES string of the molecule is CCCCCCCCCCCCCCCCCCN(C)S.F.F. The number of halogens is 2. The molecule has 0 N–H and O–H groups in total. The van der Waals surface area contributed by atoms with Gasteiger partial charge < -0.3 is 0 Å². The molecule has 0 heterocycles. The van der Waals surface area contributed by atoms with Crippen LogP contribution in [0.5, 0.6) is 0 Å². The molecule has 0 unspecified atom stereocenters. The van der Waals surface area contributed by atoms with Crippen LogP contribution in [0.1, 0.15) is 110 Å². The van der Waals surface area contributed by atoms with E-state index in [9.17, 15) is 0 Å². The third kappa shape index (κ3) is 27.3. The maximum absolute atomic E-state index is 4.26. The second kappa shape index (κ2) is 24.4. The van der Waals surface area contributed by atoms with Crippen LogP contribution in [-0.2, 0) is 0 Å². The lowest BCUT2D eigenvalue weighted by Crippen LogP contribution is -2.05. The van der Waals surface area contributed by atoms with Gasteiger partial charge in [0, 0.05) is 6.54 Å². The number of hydrogen-bond acceptors (Lipinski definition) is 2. The van der Waals surface area contributed by atoms with Crippen molar-refractivity contribution in [1.29, 1.82) is 0 Å². The van der Waals surface area contributed by atoms with E-state index in [4.69, 9.17) is 0 Å². The number of rotatable bonds is 17. The van der Waals surface area contributed by atoms with Crippen molar-refractivity contribution in [3.05, 3.63) is 0 Å². The molecule has 0 saturated heterocycles. The molecule has 0 radical (unpaired) electrons. The molecule has 0 fully saturated rings. The third-order valence-corrected chi connectivity index (χ3v) is 4.54. The molecular formula is C19H43F2NS. The highest BCUT2D eigenvalue weighted by molar-refractivity contribution is 7.77. The topological polar surface area (TPSA) is 3.24 Å². The summed E-state index contributed by atoms with van der Waals surface area (Å²) in [4.78, 5) is 0. The van der Waals surface area contributed by atoms with Gasteiger partial charge in [-0.25, -0.2) is 0 Å². The Bertz CT molecular complexity index is 192. The normalized spacial score (nSPS) is 10.4. The first-order valence-electron chi connectivity index (χ1n) is 9.67. The van der Waals surface area contributed by atoms with Gasteiger partial charge in [-0.05, 0) is 13.5 Å². The Kier molecular flexibility index (Phi) is 29.7. The Labute approximate surface area is 150 Å². The Morgan fingerprint density at radius 3 is 1.04 bits per heavy atom. The zero-order chi connectivity index (χ0) is 15.6. The lowest BCUT2D eigenvalue weighted by atomic mass is 10.0. The van der Waals surface area contributed by atoms with E-state index in [0.29, 0.717) is 0 Å². The first-order valence-corrected chi connectivity index (χ1v) is 10.1. The molecule has 0 spiro atoms. The largest absolute Gasteiger partial charge is 0.269 e. The summed E-state index contributed by atoms with van der Waals surface area (Å²) in [6, 6.07) is 0. The molecule has 0 atom stereocenters. The Morgan fingerprint density at radius 2 is 0.783 bits per heavy atom. The molecule has 23 heavy (non-hydrogen) atoms. The summed E-state index contributed by atoms with van der Waals surface area (Å²) < 4.78 is 1.99. The van der Waals surface area contributed by atoms with Crippen LogP contribution in [-0.4, -0.2) is 17.9 Å². The maximum atomic E-state index is 4.26. The summed E-state index contributed by atoms with van der Waals surface area (Å²) in [5, 5.41) is 0. The van der Waals surface area contributed by atoms with E-state index in [1.165, 1.54) is 103 Å². The van der Waals surface area contributed by atoms with Gasteiger partial charge in [-0.2, -0.15) is 0 Å².